The average molecular weight is 204 g/mol. The summed E-state index contributed by atoms with van der Waals surface area (Å²) in [6, 6.07) is 8.86. The highest BCUT2D eigenvalue weighted by Gasteiger charge is 2.37. The SMILES string of the molecule is O=C[C@H]1C[C@H]1COC(=O)c1ccccc1. The van der Waals surface area contributed by atoms with Crippen molar-refractivity contribution >= 4 is 12.3 Å². The molecule has 2 rings (SSSR count). The number of rotatable bonds is 4. The maximum Gasteiger partial charge on any atom is 0.338 e. The summed E-state index contributed by atoms with van der Waals surface area (Å²) in [7, 11) is 0. The zero-order valence-electron chi connectivity index (χ0n) is 8.26. The van der Waals surface area contributed by atoms with Gasteiger partial charge in [-0.3, -0.25) is 0 Å². The van der Waals surface area contributed by atoms with Crippen molar-refractivity contribution in [2.24, 2.45) is 11.8 Å². The lowest BCUT2D eigenvalue weighted by Gasteiger charge is -2.02. The van der Waals surface area contributed by atoms with Crippen LogP contribution in [0.15, 0.2) is 30.3 Å². The molecule has 3 heteroatoms. The van der Waals surface area contributed by atoms with Crippen LogP contribution in [0.5, 0.6) is 0 Å². The van der Waals surface area contributed by atoms with Gasteiger partial charge in [0.25, 0.3) is 0 Å². The Hall–Kier alpha value is -1.64. The summed E-state index contributed by atoms with van der Waals surface area (Å²) in [5.74, 6) is 0.0379. The Morgan fingerprint density at radius 3 is 2.73 bits per heavy atom. The lowest BCUT2D eigenvalue weighted by atomic mass is 10.2. The summed E-state index contributed by atoms with van der Waals surface area (Å²) in [6.07, 6.45) is 1.78. The summed E-state index contributed by atoms with van der Waals surface area (Å²) in [5.41, 5.74) is 0.556. The lowest BCUT2D eigenvalue weighted by Crippen LogP contribution is -2.08. The minimum atomic E-state index is -0.313. The Bertz CT molecular complexity index is 358. The standard InChI is InChI=1S/C12H12O3/c13-7-10-6-11(10)8-15-12(14)9-4-2-1-3-5-9/h1-5,7,10-11H,6,8H2/t10-,11+/m1/s1. The largest absolute Gasteiger partial charge is 0.462 e. The molecule has 0 unspecified atom stereocenters. The van der Waals surface area contributed by atoms with E-state index >= 15 is 0 Å². The van der Waals surface area contributed by atoms with Crippen molar-refractivity contribution in [1.82, 2.24) is 0 Å². The molecule has 0 aliphatic heterocycles. The van der Waals surface area contributed by atoms with Crippen molar-refractivity contribution in [3.8, 4) is 0 Å². The third kappa shape index (κ3) is 2.43. The Morgan fingerprint density at radius 1 is 1.40 bits per heavy atom. The van der Waals surface area contributed by atoms with Crippen LogP contribution < -0.4 is 0 Å². The molecule has 0 amide bonds. The topological polar surface area (TPSA) is 43.4 Å². The molecular weight excluding hydrogens is 192 g/mol. The molecule has 1 aromatic carbocycles. The van der Waals surface area contributed by atoms with Gasteiger partial charge >= 0.3 is 5.97 Å². The Kier molecular flexibility index (Phi) is 2.81. The minimum Gasteiger partial charge on any atom is -0.462 e. The molecule has 2 atom stereocenters. The number of ether oxygens (including phenoxy) is 1. The number of carbonyl (C=O) groups is 2. The predicted octanol–water partition coefficient (Wildman–Crippen LogP) is 1.68. The van der Waals surface area contributed by atoms with Crippen molar-refractivity contribution in [3.63, 3.8) is 0 Å². The van der Waals surface area contributed by atoms with E-state index in [1.807, 2.05) is 6.07 Å². The molecule has 1 aromatic rings. The number of esters is 1. The monoisotopic (exact) mass is 204 g/mol. The van der Waals surface area contributed by atoms with Crippen LogP contribution in [-0.2, 0) is 9.53 Å². The van der Waals surface area contributed by atoms with Crippen LogP contribution in [0, 0.1) is 11.8 Å². The van der Waals surface area contributed by atoms with Crippen molar-refractivity contribution in [3.05, 3.63) is 35.9 Å². The second kappa shape index (κ2) is 4.26. The van der Waals surface area contributed by atoms with Gasteiger partial charge < -0.3 is 9.53 Å². The molecule has 0 N–H and O–H groups in total. The summed E-state index contributed by atoms with van der Waals surface area (Å²) >= 11 is 0. The zero-order chi connectivity index (χ0) is 10.7. The molecule has 1 saturated carbocycles. The lowest BCUT2D eigenvalue weighted by molar-refractivity contribution is -0.109. The van der Waals surface area contributed by atoms with Gasteiger partial charge in [0.15, 0.2) is 0 Å². The molecule has 1 aliphatic carbocycles. The average Bonchev–Trinajstić information content (AvgIpc) is 3.06. The van der Waals surface area contributed by atoms with Crippen LogP contribution in [0.1, 0.15) is 16.8 Å². The fraction of sp³-hybridized carbons (Fsp3) is 0.333. The zero-order valence-corrected chi connectivity index (χ0v) is 8.26. The van der Waals surface area contributed by atoms with Gasteiger partial charge in [-0.15, -0.1) is 0 Å². The molecule has 0 heterocycles. The van der Waals surface area contributed by atoms with Crippen molar-refractivity contribution in [2.45, 2.75) is 6.42 Å². The molecule has 0 radical (unpaired) electrons. The first-order valence-electron chi connectivity index (χ1n) is 4.98. The maximum absolute atomic E-state index is 11.5. The van der Waals surface area contributed by atoms with Gasteiger partial charge in [-0.1, -0.05) is 18.2 Å². The van der Waals surface area contributed by atoms with Crippen LogP contribution in [-0.4, -0.2) is 18.9 Å². The predicted molar refractivity (Wildman–Crippen MR) is 54.4 cm³/mol. The summed E-state index contributed by atoms with van der Waals surface area (Å²) in [6.45, 7) is 0.358. The van der Waals surface area contributed by atoms with Gasteiger partial charge in [0.05, 0.1) is 12.2 Å². The first-order chi connectivity index (χ1) is 7.31. The molecule has 1 fully saturated rings. The van der Waals surface area contributed by atoms with Gasteiger partial charge in [0.2, 0.25) is 0 Å². The van der Waals surface area contributed by atoms with Gasteiger partial charge in [-0.2, -0.15) is 0 Å². The maximum atomic E-state index is 11.5. The molecule has 15 heavy (non-hydrogen) atoms. The van der Waals surface area contributed by atoms with E-state index in [0.29, 0.717) is 12.2 Å². The van der Waals surface area contributed by atoms with E-state index in [1.165, 1.54) is 0 Å². The third-order valence-electron chi connectivity index (χ3n) is 2.59. The van der Waals surface area contributed by atoms with Crippen LogP contribution in [0.4, 0.5) is 0 Å². The Morgan fingerprint density at radius 2 is 2.13 bits per heavy atom. The number of carbonyl (C=O) groups excluding carboxylic acids is 2. The van der Waals surface area contributed by atoms with E-state index in [1.54, 1.807) is 24.3 Å². The van der Waals surface area contributed by atoms with E-state index in [9.17, 15) is 9.59 Å². The van der Waals surface area contributed by atoms with Crippen molar-refractivity contribution in [1.29, 1.82) is 0 Å². The normalized spacial score (nSPS) is 23.2. The molecule has 0 bridgehead atoms. The van der Waals surface area contributed by atoms with Gasteiger partial charge in [0, 0.05) is 11.8 Å². The third-order valence-corrected chi connectivity index (χ3v) is 2.59. The first-order valence-corrected chi connectivity index (χ1v) is 4.98. The summed E-state index contributed by atoms with van der Waals surface area (Å²) in [4.78, 5) is 21.8. The summed E-state index contributed by atoms with van der Waals surface area (Å²) in [5, 5.41) is 0. The number of hydrogen-bond donors (Lipinski definition) is 0. The molecule has 0 aromatic heterocycles. The van der Waals surface area contributed by atoms with E-state index in [2.05, 4.69) is 0 Å². The molecule has 0 saturated heterocycles. The smallest absolute Gasteiger partial charge is 0.338 e. The first kappa shape index (κ1) is 9.90. The quantitative estimate of drug-likeness (QED) is 0.553. The minimum absolute atomic E-state index is 0.105. The molecule has 0 spiro atoms. The van der Waals surface area contributed by atoms with Crippen LogP contribution in [0.25, 0.3) is 0 Å². The summed E-state index contributed by atoms with van der Waals surface area (Å²) < 4.78 is 5.09. The van der Waals surface area contributed by atoms with E-state index < -0.39 is 0 Å². The van der Waals surface area contributed by atoms with Gasteiger partial charge in [0.1, 0.15) is 6.29 Å². The highest BCUT2D eigenvalue weighted by molar-refractivity contribution is 5.89. The van der Waals surface area contributed by atoms with Crippen molar-refractivity contribution < 1.29 is 14.3 Å². The molecule has 3 nitrogen and oxygen atoms in total. The second-order valence-electron chi connectivity index (χ2n) is 3.76. The van der Waals surface area contributed by atoms with Crippen molar-refractivity contribution in [2.75, 3.05) is 6.61 Å². The number of hydrogen-bond acceptors (Lipinski definition) is 3. The van der Waals surface area contributed by atoms with Crippen LogP contribution in [0.2, 0.25) is 0 Å². The molecule has 1 aliphatic rings. The Labute approximate surface area is 88.1 Å². The van der Waals surface area contributed by atoms with E-state index in [4.69, 9.17) is 4.74 Å². The fourth-order valence-electron chi connectivity index (χ4n) is 1.47. The van der Waals surface area contributed by atoms with Gasteiger partial charge in [-0.05, 0) is 18.6 Å². The Balaban J connectivity index is 1.81. The molecular formula is C12H12O3. The second-order valence-corrected chi connectivity index (χ2v) is 3.76. The highest BCUT2D eigenvalue weighted by Crippen LogP contribution is 2.36. The fourth-order valence-corrected chi connectivity index (χ4v) is 1.47. The number of aldehydes is 1. The van der Waals surface area contributed by atoms with Crippen LogP contribution >= 0.6 is 0 Å². The number of benzene rings is 1. The highest BCUT2D eigenvalue weighted by atomic mass is 16.5. The van der Waals surface area contributed by atoms with E-state index in [0.717, 1.165) is 12.7 Å². The van der Waals surface area contributed by atoms with Crippen LogP contribution in [0.3, 0.4) is 0 Å². The van der Waals surface area contributed by atoms with E-state index in [-0.39, 0.29) is 17.8 Å². The molecule has 78 valence electrons. The van der Waals surface area contributed by atoms with Gasteiger partial charge in [-0.25, -0.2) is 4.79 Å².